The van der Waals surface area contributed by atoms with Crippen molar-refractivity contribution >= 4 is 34.9 Å². The molecule has 0 bridgehead atoms. The topological polar surface area (TPSA) is 107 Å². The van der Waals surface area contributed by atoms with Gasteiger partial charge in [-0.2, -0.15) is 0 Å². The highest BCUT2D eigenvalue weighted by Gasteiger charge is 2.19. The average Bonchev–Trinajstić information content (AvgIpc) is 2.96. The van der Waals surface area contributed by atoms with Gasteiger partial charge in [-0.1, -0.05) is 50.2 Å². The number of anilines is 4. The summed E-state index contributed by atoms with van der Waals surface area (Å²) in [5, 5.41) is 18.5. The molecule has 2 aromatic carbocycles. The number of benzene rings is 2. The van der Waals surface area contributed by atoms with Gasteiger partial charge in [0.1, 0.15) is 22.8 Å². The molecule has 196 valence electrons. The summed E-state index contributed by atoms with van der Waals surface area (Å²) in [5.74, 6) is -0.939. The maximum atomic E-state index is 11.3. The zero-order chi connectivity index (χ0) is 27.3. The van der Waals surface area contributed by atoms with Crippen LogP contribution in [0, 0.1) is 0 Å². The molecule has 2 N–H and O–H groups in total. The Morgan fingerprint density at radius 1 is 0.605 bits per heavy atom. The lowest BCUT2D eigenvalue weighted by Crippen LogP contribution is -2.21. The Morgan fingerprint density at radius 2 is 0.974 bits per heavy atom. The number of carbonyl (C=O) groups is 2. The molecule has 0 atom stereocenters. The highest BCUT2D eigenvalue weighted by atomic mass is 16.4. The number of carboxylic acids is 2. The molecule has 0 aliphatic heterocycles. The summed E-state index contributed by atoms with van der Waals surface area (Å²) in [5.41, 5.74) is 2.34. The molecule has 2 aromatic heterocycles. The fraction of sp³-hybridized carbons (Fsp3) is 0.200. The first-order valence-corrected chi connectivity index (χ1v) is 12.5. The lowest BCUT2D eigenvalue weighted by Gasteiger charge is -2.24. The third-order valence-electron chi connectivity index (χ3n) is 5.58. The standard InChI is InChI=1S/2C15H16N2O2/c2*1-2-11-17(12-7-4-3-5-8-12)14-13(15(18)19)9-6-10-16-14/h2*3-10H,2,11H2,1H3,(H,18,19). The van der Waals surface area contributed by atoms with E-state index in [4.69, 9.17) is 0 Å². The van der Waals surface area contributed by atoms with Crippen LogP contribution >= 0.6 is 0 Å². The predicted octanol–water partition coefficient (Wildman–Crippen LogP) is 6.66. The van der Waals surface area contributed by atoms with E-state index in [-0.39, 0.29) is 11.1 Å². The number of hydrogen-bond donors (Lipinski definition) is 2. The second-order valence-electron chi connectivity index (χ2n) is 8.33. The summed E-state index contributed by atoms with van der Waals surface area (Å²) >= 11 is 0. The van der Waals surface area contributed by atoms with Crippen molar-refractivity contribution < 1.29 is 19.8 Å². The van der Waals surface area contributed by atoms with Crippen molar-refractivity contribution in [1.82, 2.24) is 9.97 Å². The van der Waals surface area contributed by atoms with Crippen LogP contribution in [0.5, 0.6) is 0 Å². The van der Waals surface area contributed by atoms with E-state index in [1.54, 1.807) is 36.7 Å². The van der Waals surface area contributed by atoms with Crippen LogP contribution in [0.4, 0.5) is 23.0 Å². The Bertz CT molecular complexity index is 1210. The number of hydrogen-bond acceptors (Lipinski definition) is 6. The zero-order valence-electron chi connectivity index (χ0n) is 21.6. The largest absolute Gasteiger partial charge is 0.478 e. The van der Waals surface area contributed by atoms with E-state index in [9.17, 15) is 19.8 Å². The smallest absolute Gasteiger partial charge is 0.339 e. The van der Waals surface area contributed by atoms with Crippen LogP contribution in [0.1, 0.15) is 47.4 Å². The highest BCUT2D eigenvalue weighted by Crippen LogP contribution is 2.27. The third-order valence-corrected chi connectivity index (χ3v) is 5.58. The second-order valence-corrected chi connectivity index (χ2v) is 8.33. The minimum absolute atomic E-state index is 0.222. The Kier molecular flexibility index (Phi) is 10.4. The summed E-state index contributed by atoms with van der Waals surface area (Å²) in [7, 11) is 0. The first-order chi connectivity index (χ1) is 18.5. The van der Waals surface area contributed by atoms with Crippen LogP contribution in [-0.4, -0.2) is 45.2 Å². The van der Waals surface area contributed by atoms with E-state index in [0.717, 1.165) is 37.3 Å². The van der Waals surface area contributed by atoms with E-state index >= 15 is 0 Å². The van der Waals surface area contributed by atoms with Crippen LogP contribution in [0.15, 0.2) is 97.3 Å². The highest BCUT2D eigenvalue weighted by molar-refractivity contribution is 5.95. The van der Waals surface area contributed by atoms with E-state index in [2.05, 4.69) is 23.8 Å². The van der Waals surface area contributed by atoms with Gasteiger partial charge in [-0.05, 0) is 61.4 Å². The molecule has 0 amide bonds. The maximum Gasteiger partial charge on any atom is 0.339 e. The van der Waals surface area contributed by atoms with Crippen molar-refractivity contribution in [2.24, 2.45) is 0 Å². The van der Waals surface area contributed by atoms with Crippen molar-refractivity contribution in [3.8, 4) is 0 Å². The van der Waals surface area contributed by atoms with E-state index in [0.29, 0.717) is 11.6 Å². The number of aromatic nitrogens is 2. The molecule has 0 saturated heterocycles. The van der Waals surface area contributed by atoms with E-state index in [1.807, 2.05) is 70.5 Å². The Morgan fingerprint density at radius 3 is 1.29 bits per heavy atom. The van der Waals surface area contributed by atoms with Crippen molar-refractivity contribution in [2.45, 2.75) is 26.7 Å². The monoisotopic (exact) mass is 512 g/mol. The predicted molar refractivity (Wildman–Crippen MR) is 150 cm³/mol. The lowest BCUT2D eigenvalue weighted by atomic mass is 10.2. The van der Waals surface area contributed by atoms with E-state index in [1.165, 1.54) is 0 Å². The lowest BCUT2D eigenvalue weighted by molar-refractivity contribution is 0.0686. The molecule has 8 nitrogen and oxygen atoms in total. The number of rotatable bonds is 10. The van der Waals surface area contributed by atoms with Crippen LogP contribution in [0.2, 0.25) is 0 Å². The summed E-state index contributed by atoms with van der Waals surface area (Å²) in [6.07, 6.45) is 5.05. The third kappa shape index (κ3) is 7.16. The molecule has 0 aliphatic rings. The molecular weight excluding hydrogens is 480 g/mol. The molecule has 0 aliphatic carbocycles. The van der Waals surface area contributed by atoms with Crippen molar-refractivity contribution in [3.63, 3.8) is 0 Å². The minimum atomic E-state index is -0.958. The molecule has 0 fully saturated rings. The maximum absolute atomic E-state index is 11.3. The molecule has 0 unspecified atom stereocenters. The van der Waals surface area contributed by atoms with Gasteiger partial charge in [0, 0.05) is 36.9 Å². The zero-order valence-corrected chi connectivity index (χ0v) is 21.6. The van der Waals surface area contributed by atoms with Crippen LogP contribution < -0.4 is 9.80 Å². The summed E-state index contributed by atoms with van der Waals surface area (Å²) < 4.78 is 0. The first-order valence-electron chi connectivity index (χ1n) is 12.5. The normalized spacial score (nSPS) is 10.2. The minimum Gasteiger partial charge on any atom is -0.478 e. The van der Waals surface area contributed by atoms with Gasteiger partial charge < -0.3 is 20.0 Å². The van der Waals surface area contributed by atoms with Crippen molar-refractivity contribution in [3.05, 3.63) is 108 Å². The van der Waals surface area contributed by atoms with Crippen LogP contribution in [-0.2, 0) is 0 Å². The van der Waals surface area contributed by atoms with Gasteiger partial charge in [-0.3, -0.25) is 0 Å². The fourth-order valence-electron chi connectivity index (χ4n) is 3.94. The van der Waals surface area contributed by atoms with Crippen molar-refractivity contribution in [2.75, 3.05) is 22.9 Å². The molecule has 38 heavy (non-hydrogen) atoms. The quantitative estimate of drug-likeness (QED) is 0.243. The van der Waals surface area contributed by atoms with Gasteiger partial charge in [-0.25, -0.2) is 19.6 Å². The van der Waals surface area contributed by atoms with Crippen LogP contribution in [0.3, 0.4) is 0 Å². The SMILES string of the molecule is CCCN(c1ccccc1)c1ncccc1C(=O)O.CCCN(c1ccccc1)c1ncccc1C(=O)O. The van der Waals surface area contributed by atoms with Gasteiger partial charge in [0.15, 0.2) is 0 Å². The molecule has 0 radical (unpaired) electrons. The van der Waals surface area contributed by atoms with Crippen molar-refractivity contribution in [1.29, 1.82) is 0 Å². The van der Waals surface area contributed by atoms with Gasteiger partial charge in [-0.15, -0.1) is 0 Å². The Hall–Kier alpha value is -4.72. The first kappa shape index (κ1) is 27.9. The van der Waals surface area contributed by atoms with Crippen LogP contribution in [0.25, 0.3) is 0 Å². The fourth-order valence-corrected chi connectivity index (χ4v) is 3.94. The number of nitrogens with zero attached hydrogens (tertiary/aromatic N) is 4. The molecule has 0 saturated carbocycles. The number of aromatic carboxylic acids is 2. The number of carboxylic acid groups (broad SMARTS) is 2. The van der Waals surface area contributed by atoms with Gasteiger partial charge >= 0.3 is 11.9 Å². The number of para-hydroxylation sites is 2. The Labute approximate surface area is 222 Å². The molecular formula is C30H32N4O4. The average molecular weight is 513 g/mol. The van der Waals surface area contributed by atoms with E-state index < -0.39 is 11.9 Å². The molecule has 4 aromatic rings. The summed E-state index contributed by atoms with van der Waals surface area (Å²) in [4.78, 5) is 34.9. The molecule has 2 heterocycles. The summed E-state index contributed by atoms with van der Waals surface area (Å²) in [6.45, 7) is 5.56. The Balaban J connectivity index is 0.000000211. The molecule has 4 rings (SSSR count). The summed E-state index contributed by atoms with van der Waals surface area (Å²) in [6, 6.07) is 25.9. The van der Waals surface area contributed by atoms with Gasteiger partial charge in [0.05, 0.1) is 0 Å². The van der Waals surface area contributed by atoms with Gasteiger partial charge in [0.25, 0.3) is 0 Å². The molecule has 8 heteroatoms. The molecule has 0 spiro atoms. The van der Waals surface area contributed by atoms with Gasteiger partial charge in [0.2, 0.25) is 0 Å². The second kappa shape index (κ2) is 14.1. The number of pyridine rings is 2.